The van der Waals surface area contributed by atoms with Gasteiger partial charge in [-0.15, -0.1) is 5.56 Å². The minimum atomic E-state index is 0. The average molecular weight is 350 g/mol. The Balaban J connectivity index is 0.000000405. The second-order valence-corrected chi connectivity index (χ2v) is 4.68. The van der Waals surface area contributed by atoms with Gasteiger partial charge < -0.3 is 35.2 Å². The van der Waals surface area contributed by atoms with E-state index in [1.807, 2.05) is 30.3 Å². The Morgan fingerprint density at radius 2 is 1.61 bits per heavy atom. The summed E-state index contributed by atoms with van der Waals surface area (Å²) in [5.74, 6) is 0. The van der Waals surface area contributed by atoms with E-state index in [1.54, 1.807) is 0 Å². The quantitative estimate of drug-likeness (QED) is 0.583. The summed E-state index contributed by atoms with van der Waals surface area (Å²) >= 11 is 3.53. The molecule has 18 heavy (non-hydrogen) atoms. The predicted octanol–water partition coefficient (Wildman–Crippen LogP) is 4.41. The van der Waals surface area contributed by atoms with Crippen LogP contribution >= 0.6 is 15.9 Å². The third-order valence-electron chi connectivity index (χ3n) is 2.69. The molecule has 0 unspecified atom stereocenters. The van der Waals surface area contributed by atoms with Crippen LogP contribution < -0.4 is 0 Å². The Kier molecular flexibility index (Phi) is 10.4. The molecule has 106 valence electrons. The first-order chi connectivity index (χ1) is 8.27. The summed E-state index contributed by atoms with van der Waals surface area (Å²) < 4.78 is 1.23. The number of hydrogen-bond donors (Lipinski definition) is 0. The fourth-order valence-electron chi connectivity index (χ4n) is 1.57. The maximum Gasteiger partial charge on any atom is 0 e. The summed E-state index contributed by atoms with van der Waals surface area (Å²) in [5, 5.41) is 0. The summed E-state index contributed by atoms with van der Waals surface area (Å²) in [6.45, 7) is 7.68. The number of nitrogens with zero attached hydrogens (tertiary/aromatic N) is 1. The maximum atomic E-state index is 3.53. The zero-order chi connectivity index (χ0) is 12.5. The molecule has 0 heterocycles. The van der Waals surface area contributed by atoms with Crippen molar-refractivity contribution in [2.75, 3.05) is 13.1 Å². The summed E-state index contributed by atoms with van der Waals surface area (Å²) in [4.78, 5) is 2.40. The van der Waals surface area contributed by atoms with Gasteiger partial charge in [-0.1, -0.05) is 34.3 Å². The summed E-state index contributed by atoms with van der Waals surface area (Å²) in [5.41, 5.74) is 1.39. The van der Waals surface area contributed by atoms with Gasteiger partial charge in [-0.25, -0.2) is 6.07 Å². The van der Waals surface area contributed by atoms with Crippen LogP contribution in [0, 0.1) is 0 Å². The van der Waals surface area contributed by atoms with Gasteiger partial charge in [0.05, 0.1) is 0 Å². The van der Waals surface area contributed by atoms with Crippen LogP contribution in [0.4, 0.5) is 0 Å². The molecule has 0 radical (unpaired) electrons. The van der Waals surface area contributed by atoms with Crippen molar-refractivity contribution in [2.24, 2.45) is 0 Å². The Labute approximate surface area is 130 Å². The summed E-state index contributed by atoms with van der Waals surface area (Å²) in [7, 11) is 0. The van der Waals surface area contributed by atoms with Crippen LogP contribution in [-0.2, 0) is 23.6 Å². The van der Waals surface area contributed by atoms with Crippen LogP contribution in [0.5, 0.6) is 0 Å². The molecule has 0 N–H and O–H groups in total. The standard InChI is InChI=1S/C10H15BrN.C5H5.Fe/c1-3-12(4-2)8-9-6-5-7-10(9)11;1-2-4-5-3-1;/h5-7H,3-4,8H2,1-2H3;1-5H;/q-1;-5;. The second kappa shape index (κ2) is 10.6. The first-order valence-electron chi connectivity index (χ1n) is 6.07. The molecule has 2 aromatic rings. The smallest absolute Gasteiger partial charge is 0 e. The number of halogens is 1. The molecule has 3 heteroatoms. The van der Waals surface area contributed by atoms with Gasteiger partial charge in [-0.3, -0.25) is 0 Å². The first kappa shape index (κ1) is 17.7. The zero-order valence-electron chi connectivity index (χ0n) is 10.9. The Hall–Kier alpha value is -0.341. The predicted molar refractivity (Wildman–Crippen MR) is 78.4 cm³/mol. The van der Waals surface area contributed by atoms with E-state index in [2.05, 4.69) is 52.9 Å². The molecule has 0 bridgehead atoms. The van der Waals surface area contributed by atoms with Crippen LogP contribution in [0.25, 0.3) is 0 Å². The molecule has 2 rings (SSSR count). The van der Waals surface area contributed by atoms with Crippen LogP contribution in [0.3, 0.4) is 0 Å². The van der Waals surface area contributed by atoms with Crippen LogP contribution in [0.1, 0.15) is 19.4 Å². The zero-order valence-corrected chi connectivity index (χ0v) is 13.6. The van der Waals surface area contributed by atoms with E-state index in [-0.39, 0.29) is 17.1 Å². The van der Waals surface area contributed by atoms with Crippen molar-refractivity contribution in [3.63, 3.8) is 0 Å². The molecule has 0 aliphatic heterocycles. The Bertz CT molecular complexity index is 360. The fraction of sp³-hybridized carbons (Fsp3) is 0.333. The van der Waals surface area contributed by atoms with Gasteiger partial charge in [0.2, 0.25) is 0 Å². The molecule has 0 saturated heterocycles. The van der Waals surface area contributed by atoms with Crippen molar-refractivity contribution >= 4 is 15.9 Å². The molecular weight excluding hydrogens is 330 g/mol. The van der Waals surface area contributed by atoms with E-state index in [0.717, 1.165) is 19.6 Å². The van der Waals surface area contributed by atoms with E-state index >= 15 is 0 Å². The van der Waals surface area contributed by atoms with E-state index in [1.165, 1.54) is 10.0 Å². The van der Waals surface area contributed by atoms with Crippen molar-refractivity contribution in [3.8, 4) is 0 Å². The minimum Gasteiger partial charge on any atom is -0.748 e. The fourth-order valence-corrected chi connectivity index (χ4v) is 1.98. The first-order valence-corrected chi connectivity index (χ1v) is 6.86. The van der Waals surface area contributed by atoms with Crippen molar-refractivity contribution in [3.05, 3.63) is 58.6 Å². The molecule has 0 amide bonds. The summed E-state index contributed by atoms with van der Waals surface area (Å²) in [6, 6.07) is 16.4. The normalized spacial score (nSPS) is 9.56. The molecule has 0 aliphatic carbocycles. The molecule has 0 aromatic heterocycles. The van der Waals surface area contributed by atoms with Crippen molar-refractivity contribution in [2.45, 2.75) is 20.4 Å². The third kappa shape index (κ3) is 6.55. The van der Waals surface area contributed by atoms with E-state index < -0.39 is 0 Å². The molecule has 1 nitrogen and oxygen atoms in total. The van der Waals surface area contributed by atoms with Crippen LogP contribution in [-0.4, -0.2) is 18.0 Å². The van der Waals surface area contributed by atoms with Gasteiger partial charge >= 0.3 is 0 Å². The van der Waals surface area contributed by atoms with E-state index in [0.29, 0.717) is 0 Å². The van der Waals surface area contributed by atoms with Gasteiger partial charge in [0.1, 0.15) is 0 Å². The maximum absolute atomic E-state index is 3.53. The van der Waals surface area contributed by atoms with E-state index in [4.69, 9.17) is 0 Å². The minimum absolute atomic E-state index is 0. The van der Waals surface area contributed by atoms with E-state index in [9.17, 15) is 0 Å². The largest absolute Gasteiger partial charge is 0.748 e. The third-order valence-corrected chi connectivity index (χ3v) is 3.46. The SMILES string of the molecule is CCN(CC)C[c-]1cccc1Br.[Fe].[cH-]1[cH-][cH-][cH-][cH-]1. The van der Waals surface area contributed by atoms with Gasteiger partial charge in [-0.05, 0) is 19.6 Å². The monoisotopic (exact) mass is 349 g/mol. The molecule has 2 aromatic carbocycles. The van der Waals surface area contributed by atoms with Crippen molar-refractivity contribution in [1.82, 2.24) is 4.90 Å². The van der Waals surface area contributed by atoms with Crippen molar-refractivity contribution in [1.29, 1.82) is 0 Å². The average Bonchev–Trinajstić information content (AvgIpc) is 3.01. The van der Waals surface area contributed by atoms with Gasteiger partial charge in [0.25, 0.3) is 0 Å². The van der Waals surface area contributed by atoms with Gasteiger partial charge in [-0.2, -0.15) is 12.1 Å². The van der Waals surface area contributed by atoms with Gasteiger partial charge in [0, 0.05) is 17.1 Å². The van der Waals surface area contributed by atoms with Gasteiger partial charge in [0.15, 0.2) is 0 Å². The number of rotatable bonds is 4. The Morgan fingerprint density at radius 3 is 1.94 bits per heavy atom. The molecule has 0 atom stereocenters. The number of hydrogen-bond acceptors (Lipinski definition) is 1. The molecule has 0 saturated carbocycles. The molecular formula is C15H20BrFeN-6. The van der Waals surface area contributed by atoms with Crippen LogP contribution in [0.15, 0.2) is 53.0 Å². The van der Waals surface area contributed by atoms with Crippen molar-refractivity contribution < 1.29 is 17.1 Å². The summed E-state index contributed by atoms with van der Waals surface area (Å²) in [6.07, 6.45) is 0. The van der Waals surface area contributed by atoms with Crippen LogP contribution in [0.2, 0.25) is 0 Å². The topological polar surface area (TPSA) is 3.24 Å². The molecule has 0 fully saturated rings. The molecule has 0 spiro atoms. The molecule has 0 aliphatic rings. The Morgan fingerprint density at radius 1 is 1.11 bits per heavy atom. The second-order valence-electron chi connectivity index (χ2n) is 3.82.